The van der Waals surface area contributed by atoms with Crippen molar-refractivity contribution in [3.8, 4) is 0 Å². The molecule has 0 bridgehead atoms. The van der Waals surface area contributed by atoms with Gasteiger partial charge in [0, 0.05) is 12.6 Å². The summed E-state index contributed by atoms with van der Waals surface area (Å²) in [6.45, 7) is 3.25. The first-order valence-electron chi connectivity index (χ1n) is 8.39. The number of thiazole rings is 1. The Hall–Kier alpha value is -2.20. The van der Waals surface area contributed by atoms with Crippen LogP contribution in [-0.2, 0) is 20.9 Å². The molecular weight excluding hydrogens is 457 g/mol. The van der Waals surface area contributed by atoms with Gasteiger partial charge in [-0.1, -0.05) is 34.5 Å². The highest BCUT2D eigenvalue weighted by Gasteiger charge is 2.16. The maximum atomic E-state index is 12.6. The summed E-state index contributed by atoms with van der Waals surface area (Å²) in [5.74, 6) is -1.22. The summed E-state index contributed by atoms with van der Waals surface area (Å²) in [6.07, 6.45) is 0. The molecule has 0 unspecified atom stereocenters. The average molecular weight is 472 g/mol. The van der Waals surface area contributed by atoms with Crippen molar-refractivity contribution in [2.45, 2.75) is 20.4 Å². The highest BCUT2D eigenvalue weighted by molar-refractivity contribution is 7.20. The molecule has 0 saturated heterocycles. The molecule has 0 saturated carbocycles. The SMILES string of the molecule is CCOC(=O)Cn1c(=NC(=O)c2cc(Cl)sc2Cl)sc2cc(NC(C)=O)ccc21. The Morgan fingerprint density at radius 2 is 1.97 bits per heavy atom. The van der Waals surface area contributed by atoms with Crippen LogP contribution in [-0.4, -0.2) is 29.0 Å². The van der Waals surface area contributed by atoms with Crippen molar-refractivity contribution in [1.82, 2.24) is 4.57 Å². The van der Waals surface area contributed by atoms with Crippen LogP contribution in [0.2, 0.25) is 8.67 Å². The first-order valence-corrected chi connectivity index (χ1v) is 10.8. The number of ether oxygens (including phenoxy) is 1. The molecule has 0 aliphatic rings. The van der Waals surface area contributed by atoms with E-state index in [9.17, 15) is 14.4 Å². The summed E-state index contributed by atoms with van der Waals surface area (Å²) < 4.78 is 7.99. The van der Waals surface area contributed by atoms with Crippen molar-refractivity contribution in [2.24, 2.45) is 4.99 Å². The van der Waals surface area contributed by atoms with Crippen molar-refractivity contribution < 1.29 is 19.1 Å². The molecule has 0 fully saturated rings. The zero-order valence-corrected chi connectivity index (χ0v) is 18.5. The van der Waals surface area contributed by atoms with Gasteiger partial charge in [0.15, 0.2) is 4.80 Å². The number of fused-ring (bicyclic) bond motifs is 1. The second-order valence-electron chi connectivity index (χ2n) is 5.79. The van der Waals surface area contributed by atoms with Gasteiger partial charge in [-0.3, -0.25) is 14.4 Å². The number of nitrogens with one attached hydrogen (secondary N) is 1. The maximum Gasteiger partial charge on any atom is 0.326 e. The zero-order chi connectivity index (χ0) is 21.1. The van der Waals surface area contributed by atoms with Crippen molar-refractivity contribution in [1.29, 1.82) is 0 Å². The van der Waals surface area contributed by atoms with Gasteiger partial charge in [-0.15, -0.1) is 11.3 Å². The molecule has 29 heavy (non-hydrogen) atoms. The lowest BCUT2D eigenvalue weighted by Crippen LogP contribution is -2.23. The van der Waals surface area contributed by atoms with Crippen LogP contribution in [0.15, 0.2) is 29.3 Å². The molecule has 7 nitrogen and oxygen atoms in total. The summed E-state index contributed by atoms with van der Waals surface area (Å²) >= 11 is 14.2. The lowest BCUT2D eigenvalue weighted by atomic mass is 10.3. The van der Waals surface area contributed by atoms with Gasteiger partial charge in [-0.05, 0) is 31.2 Å². The van der Waals surface area contributed by atoms with E-state index in [0.717, 1.165) is 16.0 Å². The summed E-state index contributed by atoms with van der Waals surface area (Å²) in [4.78, 5) is 40.5. The zero-order valence-electron chi connectivity index (χ0n) is 15.3. The van der Waals surface area contributed by atoms with Crippen LogP contribution >= 0.6 is 45.9 Å². The molecule has 2 heterocycles. The summed E-state index contributed by atoms with van der Waals surface area (Å²) in [5.41, 5.74) is 1.47. The molecular formula is C18H15Cl2N3O4S2. The van der Waals surface area contributed by atoms with Crippen LogP contribution in [0.4, 0.5) is 5.69 Å². The van der Waals surface area contributed by atoms with Gasteiger partial charge in [-0.2, -0.15) is 4.99 Å². The molecule has 152 valence electrons. The van der Waals surface area contributed by atoms with Crippen molar-refractivity contribution in [2.75, 3.05) is 11.9 Å². The number of aromatic nitrogens is 1. The normalized spacial score (nSPS) is 11.7. The van der Waals surface area contributed by atoms with Crippen molar-refractivity contribution in [3.63, 3.8) is 0 Å². The van der Waals surface area contributed by atoms with Crippen LogP contribution in [0, 0.1) is 0 Å². The van der Waals surface area contributed by atoms with E-state index in [1.807, 2.05) is 0 Å². The van der Waals surface area contributed by atoms with E-state index in [2.05, 4.69) is 10.3 Å². The van der Waals surface area contributed by atoms with Gasteiger partial charge in [0.05, 0.1) is 26.7 Å². The fourth-order valence-corrected chi connectivity index (χ4v) is 5.08. The summed E-state index contributed by atoms with van der Waals surface area (Å²) in [5, 5.41) is 2.70. The van der Waals surface area contributed by atoms with Crippen LogP contribution in [0.25, 0.3) is 10.2 Å². The third-order valence-corrected chi connectivity index (χ3v) is 6.21. The summed E-state index contributed by atoms with van der Waals surface area (Å²) in [6, 6.07) is 6.66. The molecule has 2 amide bonds. The minimum atomic E-state index is -0.565. The lowest BCUT2D eigenvalue weighted by Gasteiger charge is -2.06. The van der Waals surface area contributed by atoms with Gasteiger partial charge in [0.25, 0.3) is 5.91 Å². The monoisotopic (exact) mass is 471 g/mol. The molecule has 1 aromatic carbocycles. The second kappa shape index (κ2) is 9.08. The van der Waals surface area contributed by atoms with Crippen LogP contribution in [0.3, 0.4) is 0 Å². The number of benzene rings is 1. The van der Waals surface area contributed by atoms with E-state index in [1.54, 1.807) is 29.7 Å². The minimum Gasteiger partial charge on any atom is -0.465 e. The van der Waals surface area contributed by atoms with E-state index < -0.39 is 11.9 Å². The van der Waals surface area contributed by atoms with Gasteiger partial charge < -0.3 is 14.6 Å². The number of halogens is 2. The Morgan fingerprint density at radius 3 is 2.59 bits per heavy atom. The topological polar surface area (TPSA) is 89.8 Å². The smallest absolute Gasteiger partial charge is 0.326 e. The number of carbonyl (C=O) groups is 3. The predicted molar refractivity (Wildman–Crippen MR) is 115 cm³/mol. The highest BCUT2D eigenvalue weighted by Crippen LogP contribution is 2.31. The molecule has 0 aliphatic carbocycles. The fourth-order valence-electron chi connectivity index (χ4n) is 2.56. The number of thiophene rings is 1. The first-order chi connectivity index (χ1) is 13.8. The molecule has 2 aromatic heterocycles. The Bertz CT molecular complexity index is 1180. The lowest BCUT2D eigenvalue weighted by molar-refractivity contribution is -0.143. The van der Waals surface area contributed by atoms with Gasteiger partial charge >= 0.3 is 5.97 Å². The van der Waals surface area contributed by atoms with E-state index in [1.165, 1.54) is 24.3 Å². The Kier molecular flexibility index (Phi) is 6.74. The Labute approximate surface area is 183 Å². The van der Waals surface area contributed by atoms with Gasteiger partial charge in [-0.25, -0.2) is 0 Å². The van der Waals surface area contributed by atoms with Crippen molar-refractivity contribution >= 4 is 79.6 Å². The Balaban J connectivity index is 2.12. The van der Waals surface area contributed by atoms with Gasteiger partial charge in [0.1, 0.15) is 10.9 Å². The third-order valence-electron chi connectivity index (χ3n) is 3.68. The van der Waals surface area contributed by atoms with Crippen LogP contribution in [0.5, 0.6) is 0 Å². The molecule has 3 rings (SSSR count). The third kappa shape index (κ3) is 5.05. The minimum absolute atomic E-state index is 0.114. The maximum absolute atomic E-state index is 12.6. The number of esters is 1. The largest absolute Gasteiger partial charge is 0.465 e. The average Bonchev–Trinajstić information content (AvgIpc) is 3.13. The number of rotatable bonds is 5. The fraction of sp³-hybridized carbons (Fsp3) is 0.222. The number of nitrogens with zero attached hydrogens (tertiary/aromatic N) is 2. The van der Waals surface area contributed by atoms with E-state index in [0.29, 0.717) is 20.3 Å². The highest BCUT2D eigenvalue weighted by atomic mass is 35.5. The first kappa shape index (κ1) is 21.5. The number of anilines is 1. The molecule has 0 aliphatic heterocycles. The molecule has 11 heteroatoms. The molecule has 0 radical (unpaired) electrons. The Morgan fingerprint density at radius 1 is 1.21 bits per heavy atom. The number of carbonyl (C=O) groups excluding carboxylic acids is 3. The van der Waals surface area contributed by atoms with E-state index in [4.69, 9.17) is 27.9 Å². The number of hydrogen-bond acceptors (Lipinski definition) is 6. The molecule has 0 atom stereocenters. The van der Waals surface area contributed by atoms with Gasteiger partial charge in [0.2, 0.25) is 5.91 Å². The van der Waals surface area contributed by atoms with E-state index in [-0.39, 0.29) is 29.0 Å². The molecule has 1 N–H and O–H groups in total. The van der Waals surface area contributed by atoms with Crippen LogP contribution < -0.4 is 10.1 Å². The summed E-state index contributed by atoms with van der Waals surface area (Å²) in [7, 11) is 0. The molecule has 0 spiro atoms. The number of amides is 2. The van der Waals surface area contributed by atoms with E-state index >= 15 is 0 Å². The molecule has 3 aromatic rings. The quantitative estimate of drug-likeness (QED) is 0.560. The standard InChI is InChI=1S/C18H15Cl2N3O4S2/c1-3-27-15(25)8-23-12-5-4-10(21-9(2)24)6-13(12)28-18(23)22-17(26)11-7-14(19)29-16(11)20/h4-7H,3,8H2,1-2H3,(H,21,24). The van der Waals surface area contributed by atoms with Crippen molar-refractivity contribution in [3.05, 3.63) is 43.3 Å². The predicted octanol–water partition coefficient (Wildman–Crippen LogP) is 4.33. The number of hydrogen-bond donors (Lipinski definition) is 1. The van der Waals surface area contributed by atoms with Crippen LogP contribution in [0.1, 0.15) is 24.2 Å². The second-order valence-corrected chi connectivity index (χ2v) is 9.09.